The Morgan fingerprint density at radius 3 is 1.93 bits per heavy atom. The first-order valence-corrected chi connectivity index (χ1v) is 5.85. The molecule has 78 valence electrons. The highest BCUT2D eigenvalue weighted by atomic mass is 79.9. The van der Waals surface area contributed by atoms with Gasteiger partial charge in [-0.15, -0.1) is 0 Å². The van der Waals surface area contributed by atoms with Gasteiger partial charge >= 0.3 is 0 Å². The fraction of sp³-hybridized carbons (Fsp3) is 0.400. The maximum absolute atomic E-state index is 9.87. The van der Waals surface area contributed by atoms with E-state index in [1.165, 1.54) is 0 Å². The van der Waals surface area contributed by atoms with Crippen molar-refractivity contribution in [2.45, 2.75) is 26.7 Å². The predicted octanol–water partition coefficient (Wildman–Crippen LogP) is 4.05. The molecule has 2 nitrogen and oxygen atoms in total. The summed E-state index contributed by atoms with van der Waals surface area (Å²) in [5.74, 6) is 0.521. The lowest BCUT2D eigenvalue weighted by Crippen LogP contribution is -1.94. The Morgan fingerprint density at radius 1 is 1.00 bits per heavy atom. The minimum absolute atomic E-state index is 0.146. The topological polar surface area (TPSA) is 40.5 Å². The van der Waals surface area contributed by atoms with E-state index in [1.54, 1.807) is 6.92 Å². The van der Waals surface area contributed by atoms with Crippen molar-refractivity contribution in [1.29, 1.82) is 0 Å². The van der Waals surface area contributed by atoms with E-state index in [2.05, 4.69) is 31.9 Å². The molecule has 14 heavy (non-hydrogen) atoms. The van der Waals surface area contributed by atoms with E-state index in [4.69, 9.17) is 0 Å². The smallest absolute Gasteiger partial charge is 0.134 e. The van der Waals surface area contributed by atoms with Gasteiger partial charge in [-0.1, -0.05) is 13.8 Å². The molecule has 2 N–H and O–H groups in total. The SMILES string of the molecule is Cc1c(O)c(Br)c(C(C)C)c(O)c1Br. The number of hydrogen-bond donors (Lipinski definition) is 2. The molecular weight excluding hydrogens is 312 g/mol. The third-order valence-corrected chi connectivity index (χ3v) is 3.94. The highest BCUT2D eigenvalue weighted by Crippen LogP contribution is 2.46. The number of aromatic hydroxyl groups is 2. The second kappa shape index (κ2) is 4.11. The fourth-order valence-electron chi connectivity index (χ4n) is 1.32. The lowest BCUT2D eigenvalue weighted by atomic mass is 10.00. The fourth-order valence-corrected chi connectivity index (χ4v) is 2.67. The summed E-state index contributed by atoms with van der Waals surface area (Å²) in [6.45, 7) is 5.66. The van der Waals surface area contributed by atoms with Gasteiger partial charge < -0.3 is 10.2 Å². The number of halogens is 2. The molecule has 0 spiro atoms. The van der Waals surface area contributed by atoms with Gasteiger partial charge in [-0.05, 0) is 44.7 Å². The van der Waals surface area contributed by atoms with Crippen LogP contribution >= 0.6 is 31.9 Å². The zero-order valence-corrected chi connectivity index (χ0v) is 11.4. The number of phenols is 2. The Bertz CT molecular complexity index is 344. The summed E-state index contributed by atoms with van der Waals surface area (Å²) >= 11 is 6.54. The maximum atomic E-state index is 9.87. The van der Waals surface area contributed by atoms with Crippen molar-refractivity contribution >= 4 is 31.9 Å². The Labute approximate surface area is 100 Å². The van der Waals surface area contributed by atoms with Crippen LogP contribution in [0.1, 0.15) is 30.9 Å². The van der Waals surface area contributed by atoms with Crippen molar-refractivity contribution in [3.05, 3.63) is 20.1 Å². The van der Waals surface area contributed by atoms with E-state index in [1.807, 2.05) is 13.8 Å². The van der Waals surface area contributed by atoms with Crippen molar-refractivity contribution in [3.63, 3.8) is 0 Å². The van der Waals surface area contributed by atoms with Gasteiger partial charge in [-0.25, -0.2) is 0 Å². The molecule has 0 heterocycles. The van der Waals surface area contributed by atoms with Crippen molar-refractivity contribution in [1.82, 2.24) is 0 Å². The highest BCUT2D eigenvalue weighted by Gasteiger charge is 2.20. The molecule has 0 aliphatic rings. The monoisotopic (exact) mass is 322 g/mol. The molecule has 0 amide bonds. The summed E-state index contributed by atoms with van der Waals surface area (Å²) in [6.07, 6.45) is 0. The summed E-state index contributed by atoms with van der Waals surface area (Å²) < 4.78 is 1.13. The molecular formula is C10H12Br2O2. The third-order valence-electron chi connectivity index (χ3n) is 2.17. The minimum Gasteiger partial charge on any atom is -0.506 e. The van der Waals surface area contributed by atoms with E-state index in [-0.39, 0.29) is 17.4 Å². The minimum atomic E-state index is 0.146. The first-order valence-electron chi connectivity index (χ1n) is 4.27. The number of phenolic OH excluding ortho intramolecular Hbond substituents is 2. The molecule has 0 unspecified atom stereocenters. The summed E-state index contributed by atoms with van der Waals surface area (Å²) in [4.78, 5) is 0. The normalized spacial score (nSPS) is 11.0. The van der Waals surface area contributed by atoms with E-state index in [9.17, 15) is 10.2 Å². The van der Waals surface area contributed by atoms with Gasteiger partial charge in [-0.2, -0.15) is 0 Å². The van der Waals surface area contributed by atoms with Gasteiger partial charge in [0.1, 0.15) is 11.5 Å². The molecule has 0 saturated heterocycles. The average molecular weight is 324 g/mol. The molecule has 1 aromatic carbocycles. The first-order chi connectivity index (χ1) is 6.37. The largest absolute Gasteiger partial charge is 0.506 e. The van der Waals surface area contributed by atoms with Crippen molar-refractivity contribution in [2.75, 3.05) is 0 Å². The average Bonchev–Trinajstić information content (AvgIpc) is 2.11. The van der Waals surface area contributed by atoms with Crippen LogP contribution in [0.25, 0.3) is 0 Å². The first kappa shape index (κ1) is 11.9. The van der Waals surface area contributed by atoms with Crippen LogP contribution in [0.4, 0.5) is 0 Å². The zero-order valence-electron chi connectivity index (χ0n) is 8.23. The summed E-state index contributed by atoms with van der Waals surface area (Å²) in [5, 5.41) is 19.6. The maximum Gasteiger partial charge on any atom is 0.134 e. The Hall–Kier alpha value is -0.220. The van der Waals surface area contributed by atoms with Crippen LogP contribution in [0.3, 0.4) is 0 Å². The Kier molecular flexibility index (Phi) is 3.48. The summed E-state index contributed by atoms with van der Waals surface area (Å²) in [7, 11) is 0. The molecule has 1 rings (SSSR count). The Morgan fingerprint density at radius 2 is 1.50 bits per heavy atom. The highest BCUT2D eigenvalue weighted by molar-refractivity contribution is 9.11. The lowest BCUT2D eigenvalue weighted by molar-refractivity contribution is 0.441. The molecule has 0 bridgehead atoms. The molecule has 0 atom stereocenters. The zero-order chi connectivity index (χ0) is 11.0. The third kappa shape index (κ3) is 1.77. The van der Waals surface area contributed by atoms with Crippen molar-refractivity contribution < 1.29 is 10.2 Å². The van der Waals surface area contributed by atoms with Crippen LogP contribution in [0.5, 0.6) is 11.5 Å². The van der Waals surface area contributed by atoms with Gasteiger partial charge in [0.15, 0.2) is 0 Å². The van der Waals surface area contributed by atoms with Gasteiger partial charge in [0, 0.05) is 11.1 Å². The van der Waals surface area contributed by atoms with Crippen LogP contribution in [-0.4, -0.2) is 10.2 Å². The van der Waals surface area contributed by atoms with Crippen LogP contribution in [0.2, 0.25) is 0 Å². The number of rotatable bonds is 1. The van der Waals surface area contributed by atoms with Crippen LogP contribution in [0, 0.1) is 6.92 Å². The van der Waals surface area contributed by atoms with Crippen LogP contribution < -0.4 is 0 Å². The molecule has 0 saturated carbocycles. The van der Waals surface area contributed by atoms with E-state index in [0.29, 0.717) is 14.5 Å². The lowest BCUT2D eigenvalue weighted by Gasteiger charge is -2.16. The Balaban J connectivity index is 3.60. The molecule has 4 heteroatoms. The second-order valence-electron chi connectivity index (χ2n) is 3.52. The van der Waals surface area contributed by atoms with Gasteiger partial charge in [0.25, 0.3) is 0 Å². The summed E-state index contributed by atoms with van der Waals surface area (Å²) in [6, 6.07) is 0. The van der Waals surface area contributed by atoms with Crippen LogP contribution in [-0.2, 0) is 0 Å². The van der Waals surface area contributed by atoms with Crippen LogP contribution in [0.15, 0.2) is 8.95 Å². The molecule has 0 fully saturated rings. The van der Waals surface area contributed by atoms with Gasteiger partial charge in [0.2, 0.25) is 0 Å². The van der Waals surface area contributed by atoms with Gasteiger partial charge in [-0.3, -0.25) is 0 Å². The standard InChI is InChI=1S/C10H12Br2O2/c1-4(2)6-8(12)9(13)5(3)7(11)10(6)14/h4,13-14H,1-3H3. The van der Waals surface area contributed by atoms with E-state index < -0.39 is 0 Å². The van der Waals surface area contributed by atoms with Crippen molar-refractivity contribution in [3.8, 4) is 11.5 Å². The molecule has 1 aromatic rings. The van der Waals surface area contributed by atoms with E-state index >= 15 is 0 Å². The number of benzene rings is 1. The second-order valence-corrected chi connectivity index (χ2v) is 5.10. The molecule has 0 radical (unpaired) electrons. The predicted molar refractivity (Wildman–Crippen MR) is 64.0 cm³/mol. The summed E-state index contributed by atoms with van der Waals surface area (Å²) in [5.41, 5.74) is 1.36. The number of hydrogen-bond acceptors (Lipinski definition) is 2. The molecule has 0 aromatic heterocycles. The molecule has 0 aliphatic heterocycles. The van der Waals surface area contributed by atoms with E-state index in [0.717, 1.165) is 5.56 Å². The van der Waals surface area contributed by atoms with Crippen molar-refractivity contribution in [2.24, 2.45) is 0 Å². The molecule has 0 aliphatic carbocycles. The quantitative estimate of drug-likeness (QED) is 0.765. The van der Waals surface area contributed by atoms with Gasteiger partial charge in [0.05, 0.1) is 8.95 Å².